The van der Waals surface area contributed by atoms with E-state index in [-0.39, 0.29) is 5.97 Å². The van der Waals surface area contributed by atoms with E-state index in [0.717, 1.165) is 22.4 Å². The van der Waals surface area contributed by atoms with E-state index in [4.69, 9.17) is 18.9 Å². The van der Waals surface area contributed by atoms with Gasteiger partial charge in [-0.25, -0.2) is 4.79 Å². The van der Waals surface area contributed by atoms with Gasteiger partial charge in [-0.1, -0.05) is 30.3 Å². The van der Waals surface area contributed by atoms with E-state index in [1.165, 1.54) is 0 Å². The van der Waals surface area contributed by atoms with Crippen LogP contribution in [0.2, 0.25) is 0 Å². The van der Waals surface area contributed by atoms with Crippen LogP contribution in [0.5, 0.6) is 17.2 Å². The number of carbonyl (C=O) groups is 1. The minimum absolute atomic E-state index is 0.371. The lowest BCUT2D eigenvalue weighted by Crippen LogP contribution is -2.30. The van der Waals surface area contributed by atoms with Crippen LogP contribution in [0.4, 0.5) is 0 Å². The first kappa shape index (κ1) is 17.9. The van der Waals surface area contributed by atoms with Crippen molar-refractivity contribution in [2.24, 2.45) is 0 Å². The van der Waals surface area contributed by atoms with Crippen LogP contribution in [-0.4, -0.2) is 27.3 Å². The minimum atomic E-state index is -1.13. The van der Waals surface area contributed by atoms with Crippen molar-refractivity contribution in [2.45, 2.75) is 5.60 Å². The molecule has 28 heavy (non-hydrogen) atoms. The summed E-state index contributed by atoms with van der Waals surface area (Å²) in [4.78, 5) is 12.8. The first-order chi connectivity index (χ1) is 13.6. The standard InChI is InChI=1S/C23H20O5/c1-25-16-10-8-15(9-11-16)23(19-7-5-4-6-18(19)22(24)28-23)20-13-12-17(26-2)14-21(20)27-3/h4-14H,1-3H3. The predicted octanol–water partition coefficient (Wildman–Crippen LogP) is 4.17. The molecular weight excluding hydrogens is 356 g/mol. The molecule has 1 aliphatic rings. The van der Waals surface area contributed by atoms with Crippen molar-refractivity contribution in [1.29, 1.82) is 0 Å². The predicted molar refractivity (Wildman–Crippen MR) is 104 cm³/mol. The van der Waals surface area contributed by atoms with Gasteiger partial charge in [0.2, 0.25) is 0 Å². The Labute approximate surface area is 163 Å². The molecule has 0 fully saturated rings. The highest BCUT2D eigenvalue weighted by atomic mass is 16.6. The number of rotatable bonds is 5. The number of benzene rings is 3. The lowest BCUT2D eigenvalue weighted by molar-refractivity contribution is 0.0245. The highest BCUT2D eigenvalue weighted by Crippen LogP contribution is 2.50. The van der Waals surface area contributed by atoms with E-state index >= 15 is 0 Å². The summed E-state index contributed by atoms with van der Waals surface area (Å²) < 4.78 is 22.3. The van der Waals surface area contributed by atoms with Gasteiger partial charge >= 0.3 is 5.97 Å². The smallest absolute Gasteiger partial charge is 0.340 e. The maximum Gasteiger partial charge on any atom is 0.340 e. The van der Waals surface area contributed by atoms with Crippen LogP contribution in [0.1, 0.15) is 27.0 Å². The monoisotopic (exact) mass is 376 g/mol. The molecule has 0 aliphatic carbocycles. The van der Waals surface area contributed by atoms with Gasteiger partial charge in [0, 0.05) is 22.8 Å². The Kier molecular flexibility index (Phi) is 4.43. The Balaban J connectivity index is 2.03. The number of methoxy groups -OCH3 is 3. The van der Waals surface area contributed by atoms with Crippen LogP contribution >= 0.6 is 0 Å². The minimum Gasteiger partial charge on any atom is -0.497 e. The van der Waals surface area contributed by atoms with Crippen molar-refractivity contribution >= 4 is 5.97 Å². The summed E-state index contributed by atoms with van der Waals surface area (Å²) in [5.74, 6) is 1.57. The van der Waals surface area contributed by atoms with Crippen LogP contribution < -0.4 is 14.2 Å². The Bertz CT molecular complexity index is 1030. The number of ether oxygens (including phenoxy) is 4. The largest absolute Gasteiger partial charge is 0.497 e. The van der Waals surface area contributed by atoms with Crippen molar-refractivity contribution in [3.05, 3.63) is 89.0 Å². The van der Waals surface area contributed by atoms with E-state index in [9.17, 15) is 4.79 Å². The Morgan fingerprint density at radius 2 is 1.43 bits per heavy atom. The highest BCUT2D eigenvalue weighted by molar-refractivity contribution is 5.96. The summed E-state index contributed by atoms with van der Waals surface area (Å²) in [5.41, 5.74) is 1.71. The molecule has 0 radical (unpaired) electrons. The number of esters is 1. The van der Waals surface area contributed by atoms with Gasteiger partial charge in [0.05, 0.1) is 26.9 Å². The number of hydrogen-bond acceptors (Lipinski definition) is 5. The van der Waals surface area contributed by atoms with E-state index in [1.807, 2.05) is 54.6 Å². The molecule has 0 aromatic heterocycles. The maximum absolute atomic E-state index is 12.8. The average molecular weight is 376 g/mol. The van der Waals surface area contributed by atoms with Crippen LogP contribution in [0, 0.1) is 0 Å². The molecule has 4 rings (SSSR count). The molecule has 1 heterocycles. The van der Waals surface area contributed by atoms with Gasteiger partial charge in [-0.15, -0.1) is 0 Å². The third-order valence-electron chi connectivity index (χ3n) is 5.06. The van der Waals surface area contributed by atoms with E-state index < -0.39 is 5.60 Å². The molecular formula is C23H20O5. The van der Waals surface area contributed by atoms with Crippen LogP contribution in [0.3, 0.4) is 0 Å². The zero-order chi connectivity index (χ0) is 19.7. The van der Waals surface area contributed by atoms with Gasteiger partial charge in [-0.05, 0) is 30.3 Å². The van der Waals surface area contributed by atoms with Gasteiger partial charge in [-0.3, -0.25) is 0 Å². The SMILES string of the molecule is COc1ccc(C2(c3ccc(OC)cc3OC)OC(=O)c3ccccc32)cc1. The summed E-state index contributed by atoms with van der Waals surface area (Å²) in [6.07, 6.45) is 0. The van der Waals surface area contributed by atoms with E-state index in [1.54, 1.807) is 33.5 Å². The zero-order valence-corrected chi connectivity index (χ0v) is 15.9. The molecule has 0 saturated carbocycles. The summed E-state index contributed by atoms with van der Waals surface area (Å²) in [6, 6.07) is 20.4. The first-order valence-corrected chi connectivity index (χ1v) is 8.84. The fourth-order valence-corrected chi connectivity index (χ4v) is 3.70. The molecule has 0 N–H and O–H groups in total. The third-order valence-corrected chi connectivity index (χ3v) is 5.06. The number of fused-ring (bicyclic) bond motifs is 1. The maximum atomic E-state index is 12.8. The normalized spacial score (nSPS) is 17.6. The molecule has 5 nitrogen and oxygen atoms in total. The lowest BCUT2D eigenvalue weighted by Gasteiger charge is -2.31. The fourth-order valence-electron chi connectivity index (χ4n) is 3.70. The van der Waals surface area contributed by atoms with Gasteiger partial charge < -0.3 is 18.9 Å². The molecule has 0 spiro atoms. The second-order valence-electron chi connectivity index (χ2n) is 6.41. The molecule has 1 unspecified atom stereocenters. The summed E-state index contributed by atoms with van der Waals surface area (Å²) >= 11 is 0. The van der Waals surface area contributed by atoms with Gasteiger partial charge in [-0.2, -0.15) is 0 Å². The van der Waals surface area contributed by atoms with Crippen molar-refractivity contribution in [1.82, 2.24) is 0 Å². The molecule has 142 valence electrons. The van der Waals surface area contributed by atoms with Crippen LogP contribution in [0.25, 0.3) is 0 Å². The third kappa shape index (κ3) is 2.59. The van der Waals surface area contributed by atoms with Crippen LogP contribution in [0.15, 0.2) is 66.7 Å². The van der Waals surface area contributed by atoms with Crippen molar-refractivity contribution < 1.29 is 23.7 Å². The topological polar surface area (TPSA) is 54.0 Å². The molecule has 3 aromatic rings. The Morgan fingerprint density at radius 3 is 2.11 bits per heavy atom. The average Bonchev–Trinajstić information content (AvgIpc) is 3.07. The quantitative estimate of drug-likeness (QED) is 0.626. The second kappa shape index (κ2) is 6.93. The van der Waals surface area contributed by atoms with Gasteiger partial charge in [0.1, 0.15) is 17.2 Å². The molecule has 0 saturated heterocycles. The molecule has 5 heteroatoms. The first-order valence-electron chi connectivity index (χ1n) is 8.84. The second-order valence-corrected chi connectivity index (χ2v) is 6.41. The fraction of sp³-hybridized carbons (Fsp3) is 0.174. The van der Waals surface area contributed by atoms with Gasteiger partial charge in [0.15, 0.2) is 5.60 Å². The molecule has 1 aliphatic heterocycles. The highest BCUT2D eigenvalue weighted by Gasteiger charge is 2.50. The number of carbonyl (C=O) groups excluding carboxylic acids is 1. The van der Waals surface area contributed by atoms with Crippen molar-refractivity contribution in [3.8, 4) is 17.2 Å². The zero-order valence-electron chi connectivity index (χ0n) is 15.9. The Morgan fingerprint density at radius 1 is 0.750 bits per heavy atom. The molecule has 3 aromatic carbocycles. The van der Waals surface area contributed by atoms with Crippen LogP contribution in [-0.2, 0) is 10.3 Å². The Hall–Kier alpha value is -3.47. The summed E-state index contributed by atoms with van der Waals surface area (Å²) in [6.45, 7) is 0. The van der Waals surface area contributed by atoms with E-state index in [0.29, 0.717) is 17.1 Å². The number of cyclic esters (lactones) is 1. The van der Waals surface area contributed by atoms with Crippen molar-refractivity contribution in [2.75, 3.05) is 21.3 Å². The molecule has 0 bridgehead atoms. The summed E-state index contributed by atoms with van der Waals surface area (Å²) in [5, 5.41) is 0. The van der Waals surface area contributed by atoms with Gasteiger partial charge in [0.25, 0.3) is 0 Å². The lowest BCUT2D eigenvalue weighted by atomic mass is 9.79. The van der Waals surface area contributed by atoms with E-state index in [2.05, 4.69) is 0 Å². The molecule has 0 amide bonds. The van der Waals surface area contributed by atoms with Crippen molar-refractivity contribution in [3.63, 3.8) is 0 Å². The molecule has 1 atom stereocenters. The summed E-state index contributed by atoms with van der Waals surface area (Å²) in [7, 11) is 4.80. The number of hydrogen-bond donors (Lipinski definition) is 0.